The van der Waals surface area contributed by atoms with Gasteiger partial charge in [-0.3, -0.25) is 0 Å². The van der Waals surface area contributed by atoms with Gasteiger partial charge in [-0.15, -0.1) is 10.2 Å². The molecule has 0 spiro atoms. The molecule has 0 unspecified atom stereocenters. The van der Waals surface area contributed by atoms with E-state index in [-0.39, 0.29) is 27.9 Å². The van der Waals surface area contributed by atoms with Crippen LogP contribution in [0.5, 0.6) is 5.88 Å². The van der Waals surface area contributed by atoms with Gasteiger partial charge < -0.3 is 15.4 Å². The summed E-state index contributed by atoms with van der Waals surface area (Å²) in [5.41, 5.74) is -0.436. The molecule has 26 heavy (non-hydrogen) atoms. The highest BCUT2D eigenvalue weighted by Crippen LogP contribution is 2.36. The average molecular weight is 382 g/mol. The third-order valence-corrected chi connectivity index (χ3v) is 3.62. The number of alkyl halides is 3. The van der Waals surface area contributed by atoms with Gasteiger partial charge in [0.05, 0.1) is 11.1 Å². The minimum absolute atomic E-state index is 0.00364. The second kappa shape index (κ2) is 6.71. The van der Waals surface area contributed by atoms with Crippen LogP contribution in [0.15, 0.2) is 52.7 Å². The number of rotatable bonds is 2. The number of benzene rings is 2. The van der Waals surface area contributed by atoms with Gasteiger partial charge in [-0.1, -0.05) is 12.1 Å². The zero-order valence-electron chi connectivity index (χ0n) is 12.8. The largest absolute Gasteiger partial charge is 0.493 e. The Morgan fingerprint density at radius 1 is 1.12 bits per heavy atom. The van der Waals surface area contributed by atoms with Gasteiger partial charge in [0, 0.05) is 11.1 Å². The molecule has 0 amide bonds. The number of aromatic nitrogens is 1. The van der Waals surface area contributed by atoms with E-state index in [9.17, 15) is 22.7 Å². The van der Waals surface area contributed by atoms with Gasteiger partial charge in [0.15, 0.2) is 5.69 Å². The average Bonchev–Trinajstić information content (AvgIpc) is 2.90. The van der Waals surface area contributed by atoms with E-state index in [2.05, 4.69) is 20.5 Å². The quantitative estimate of drug-likeness (QED) is 0.311. The van der Waals surface area contributed by atoms with Crippen LogP contribution >= 0.6 is 12.2 Å². The monoisotopic (exact) mass is 382 g/mol. The van der Waals surface area contributed by atoms with E-state index in [0.717, 1.165) is 12.1 Å². The maximum atomic E-state index is 13.6. The van der Waals surface area contributed by atoms with Crippen LogP contribution in [0.25, 0.3) is 10.9 Å². The molecule has 5 nitrogen and oxygen atoms in total. The van der Waals surface area contributed by atoms with Crippen molar-refractivity contribution in [3.63, 3.8) is 0 Å². The number of aromatic hydroxyl groups is 1. The summed E-state index contributed by atoms with van der Waals surface area (Å²) in [7, 11) is 0. The number of azo groups is 1. The topological polar surface area (TPSA) is 72.8 Å². The fourth-order valence-corrected chi connectivity index (χ4v) is 2.40. The Morgan fingerprint density at radius 3 is 2.46 bits per heavy atom. The lowest BCUT2D eigenvalue weighted by Crippen LogP contribution is -2.07. The number of hydrogen-bond donors (Lipinski definition) is 3. The number of H-pyrrole nitrogens is 1. The summed E-state index contributed by atoms with van der Waals surface area (Å²) in [5, 5.41) is 20.1. The van der Waals surface area contributed by atoms with Crippen LogP contribution in [-0.2, 0) is 6.18 Å². The first-order chi connectivity index (χ1) is 12.3. The molecule has 0 radical (unpaired) electrons. The summed E-state index contributed by atoms with van der Waals surface area (Å²) >= 11 is 4.95. The molecule has 3 N–H and O–H groups in total. The molecule has 134 valence electrons. The molecular formula is C16H10F4N4OS. The van der Waals surface area contributed by atoms with Crippen LogP contribution in [0, 0.1) is 5.82 Å². The van der Waals surface area contributed by atoms with Gasteiger partial charge in [-0.05, 0) is 42.5 Å². The Morgan fingerprint density at radius 2 is 1.81 bits per heavy atom. The molecule has 0 aliphatic heterocycles. The van der Waals surface area contributed by atoms with Crippen molar-refractivity contribution in [2.45, 2.75) is 6.18 Å². The van der Waals surface area contributed by atoms with Crippen molar-refractivity contribution in [3.8, 4) is 5.88 Å². The number of halogens is 4. The Bertz CT molecular complexity index is 996. The fourth-order valence-electron chi connectivity index (χ4n) is 2.24. The highest BCUT2D eigenvalue weighted by molar-refractivity contribution is 7.80. The molecule has 2 aromatic carbocycles. The predicted octanol–water partition coefficient (Wildman–Crippen LogP) is 5.51. The third-order valence-electron chi connectivity index (χ3n) is 3.44. The number of fused-ring (bicyclic) bond motifs is 1. The number of para-hydroxylation sites is 1. The maximum Gasteiger partial charge on any atom is 0.416 e. The lowest BCUT2D eigenvalue weighted by atomic mass is 10.2. The summed E-state index contributed by atoms with van der Waals surface area (Å²) in [4.78, 5) is 2.45. The molecular weight excluding hydrogens is 372 g/mol. The fraction of sp³-hybridized carbons (Fsp3) is 0.0625. The van der Waals surface area contributed by atoms with Crippen LogP contribution in [0.4, 0.5) is 28.9 Å². The Balaban J connectivity index is 1.76. The molecule has 1 aromatic heterocycles. The van der Waals surface area contributed by atoms with E-state index in [1.807, 2.05) is 0 Å². The SMILES string of the molecule is Oc1[nH]c2c(F)cccc2c1N=NC(=S)Nc1ccc(C(F)(F)F)cc1. The molecule has 3 rings (SSSR count). The summed E-state index contributed by atoms with van der Waals surface area (Å²) in [6, 6.07) is 8.40. The van der Waals surface area contributed by atoms with Gasteiger partial charge in [-0.2, -0.15) is 13.2 Å². The number of anilines is 1. The molecule has 0 aliphatic carbocycles. The molecule has 3 aromatic rings. The summed E-state index contributed by atoms with van der Waals surface area (Å²) in [5.74, 6) is -0.948. The van der Waals surface area contributed by atoms with Crippen LogP contribution in [-0.4, -0.2) is 15.2 Å². The van der Waals surface area contributed by atoms with Crippen molar-refractivity contribution >= 4 is 39.6 Å². The van der Waals surface area contributed by atoms with Crippen molar-refractivity contribution < 1.29 is 22.7 Å². The first kappa shape index (κ1) is 17.8. The van der Waals surface area contributed by atoms with E-state index in [1.165, 1.54) is 30.3 Å². The number of nitrogens with one attached hydrogen (secondary N) is 2. The summed E-state index contributed by atoms with van der Waals surface area (Å²) in [6.07, 6.45) is -4.43. The highest BCUT2D eigenvalue weighted by Gasteiger charge is 2.29. The minimum atomic E-state index is -4.43. The molecule has 0 fully saturated rings. The molecule has 0 atom stereocenters. The highest BCUT2D eigenvalue weighted by atomic mass is 32.1. The predicted molar refractivity (Wildman–Crippen MR) is 92.1 cm³/mol. The van der Waals surface area contributed by atoms with Crippen LogP contribution in [0.3, 0.4) is 0 Å². The molecule has 0 bridgehead atoms. The summed E-state index contributed by atoms with van der Waals surface area (Å²) < 4.78 is 51.2. The van der Waals surface area contributed by atoms with Gasteiger partial charge in [-0.25, -0.2) is 4.39 Å². The second-order valence-corrected chi connectivity index (χ2v) is 5.58. The van der Waals surface area contributed by atoms with Crippen LogP contribution < -0.4 is 5.32 Å². The van der Waals surface area contributed by atoms with E-state index in [0.29, 0.717) is 5.39 Å². The number of nitrogens with zero attached hydrogens (tertiary/aromatic N) is 2. The van der Waals surface area contributed by atoms with Crippen molar-refractivity contribution in [2.24, 2.45) is 10.2 Å². The molecule has 0 aliphatic rings. The third kappa shape index (κ3) is 3.64. The van der Waals surface area contributed by atoms with Crippen LogP contribution in [0.1, 0.15) is 5.56 Å². The lowest BCUT2D eigenvalue weighted by molar-refractivity contribution is -0.137. The first-order valence-corrected chi connectivity index (χ1v) is 7.55. The van der Waals surface area contributed by atoms with E-state index in [4.69, 9.17) is 12.2 Å². The number of aromatic amines is 1. The minimum Gasteiger partial charge on any atom is -0.493 e. The van der Waals surface area contributed by atoms with E-state index < -0.39 is 17.6 Å². The van der Waals surface area contributed by atoms with Gasteiger partial charge in [0.1, 0.15) is 5.82 Å². The van der Waals surface area contributed by atoms with Gasteiger partial charge in [0.2, 0.25) is 11.0 Å². The smallest absolute Gasteiger partial charge is 0.416 e. The molecule has 1 heterocycles. The second-order valence-electron chi connectivity index (χ2n) is 5.19. The summed E-state index contributed by atoms with van der Waals surface area (Å²) in [6.45, 7) is 0. The van der Waals surface area contributed by atoms with Crippen LogP contribution in [0.2, 0.25) is 0 Å². The standard InChI is InChI=1S/C16H10F4N4OS/c17-11-3-1-2-10-12(11)22-14(25)13(10)23-24-15(26)21-9-6-4-8(5-7-9)16(18,19)20/h1-7,22,25H,(H,21,26). The maximum absolute atomic E-state index is 13.6. The van der Waals surface area contributed by atoms with Gasteiger partial charge >= 0.3 is 6.18 Å². The van der Waals surface area contributed by atoms with Crippen molar-refractivity contribution in [3.05, 3.63) is 53.8 Å². The van der Waals surface area contributed by atoms with Crippen molar-refractivity contribution in [2.75, 3.05) is 5.32 Å². The normalized spacial score (nSPS) is 12.0. The Labute approximate surface area is 149 Å². The number of hydrogen-bond acceptors (Lipinski definition) is 3. The molecule has 0 saturated heterocycles. The zero-order valence-corrected chi connectivity index (χ0v) is 13.6. The molecule has 10 heteroatoms. The van der Waals surface area contributed by atoms with Crippen molar-refractivity contribution in [1.82, 2.24) is 4.98 Å². The Hall–Kier alpha value is -3.01. The van der Waals surface area contributed by atoms with Gasteiger partial charge in [0.25, 0.3) is 0 Å². The number of thiocarbonyl (C=S) groups is 1. The molecule has 0 saturated carbocycles. The van der Waals surface area contributed by atoms with E-state index in [1.54, 1.807) is 0 Å². The van der Waals surface area contributed by atoms with Crippen molar-refractivity contribution in [1.29, 1.82) is 0 Å². The lowest BCUT2D eigenvalue weighted by Gasteiger charge is -2.08. The van der Waals surface area contributed by atoms with E-state index >= 15 is 0 Å². The first-order valence-electron chi connectivity index (χ1n) is 7.15. The Kier molecular flexibility index (Phi) is 4.60. The zero-order chi connectivity index (χ0) is 18.9.